The molecule has 2 atom stereocenters. The molecule has 2 aromatic heterocycles. The molecule has 3 fully saturated rings. The molecule has 7 heteroatoms. The standard InChI is InChI=1S/C19H23N5O2/c25-19(18-15-3-1-2-4-16(15)22-26-18)24-11-13-5-6-14(24)12-23(10-13)17-9-20-7-8-21-17/h7-9,13-14H,1-6,10-12H2/t13-,14+/m0/s1. The molecule has 3 aliphatic heterocycles. The first-order valence-corrected chi connectivity index (χ1v) is 9.59. The minimum atomic E-state index is 0.0244. The number of carbonyl (C=O) groups is 1. The van der Waals surface area contributed by atoms with E-state index in [1.165, 1.54) is 0 Å². The molecule has 0 spiro atoms. The second-order valence-corrected chi connectivity index (χ2v) is 7.67. The lowest BCUT2D eigenvalue weighted by Gasteiger charge is -2.35. The van der Waals surface area contributed by atoms with Gasteiger partial charge >= 0.3 is 0 Å². The lowest BCUT2D eigenvalue weighted by atomic mass is 9.93. The Balaban J connectivity index is 1.41. The molecule has 0 aromatic carbocycles. The number of rotatable bonds is 2. The third-order valence-corrected chi connectivity index (χ3v) is 6.00. The van der Waals surface area contributed by atoms with Crippen molar-refractivity contribution in [3.05, 3.63) is 35.6 Å². The van der Waals surface area contributed by atoms with E-state index in [-0.39, 0.29) is 11.9 Å². The van der Waals surface area contributed by atoms with Crippen LogP contribution in [0.4, 0.5) is 5.82 Å². The Morgan fingerprint density at radius 3 is 2.92 bits per heavy atom. The zero-order valence-electron chi connectivity index (χ0n) is 14.8. The van der Waals surface area contributed by atoms with Gasteiger partial charge in [-0.2, -0.15) is 0 Å². The van der Waals surface area contributed by atoms with Gasteiger partial charge in [-0.25, -0.2) is 4.98 Å². The molecule has 7 nitrogen and oxygen atoms in total. The van der Waals surface area contributed by atoms with E-state index in [0.29, 0.717) is 11.7 Å². The Labute approximate surface area is 152 Å². The van der Waals surface area contributed by atoms with Gasteiger partial charge in [0.25, 0.3) is 5.91 Å². The number of amides is 1. The first-order valence-electron chi connectivity index (χ1n) is 9.59. The molecule has 1 aliphatic carbocycles. The van der Waals surface area contributed by atoms with Crippen LogP contribution in [0.15, 0.2) is 23.1 Å². The molecule has 6 rings (SSSR count). The van der Waals surface area contributed by atoms with E-state index in [1.807, 2.05) is 11.1 Å². The van der Waals surface area contributed by atoms with Crippen LogP contribution in [0.1, 0.15) is 47.5 Å². The number of aryl methyl sites for hydroxylation is 1. The number of carbonyl (C=O) groups excluding carboxylic acids is 1. The monoisotopic (exact) mass is 353 g/mol. The van der Waals surface area contributed by atoms with Gasteiger partial charge < -0.3 is 14.3 Å². The summed E-state index contributed by atoms with van der Waals surface area (Å²) in [6, 6.07) is 0.188. The summed E-state index contributed by atoms with van der Waals surface area (Å²) in [6.45, 7) is 2.51. The van der Waals surface area contributed by atoms with Gasteiger partial charge in [-0.3, -0.25) is 9.78 Å². The summed E-state index contributed by atoms with van der Waals surface area (Å²) in [5.74, 6) is 1.86. The number of hydrogen-bond acceptors (Lipinski definition) is 6. The first-order chi connectivity index (χ1) is 12.8. The summed E-state index contributed by atoms with van der Waals surface area (Å²) < 4.78 is 5.52. The highest BCUT2D eigenvalue weighted by Crippen LogP contribution is 2.32. The smallest absolute Gasteiger partial charge is 0.293 e. The molecule has 136 valence electrons. The Morgan fingerprint density at radius 2 is 2.04 bits per heavy atom. The molecule has 0 N–H and O–H groups in total. The number of fused-ring (bicyclic) bond motifs is 5. The van der Waals surface area contributed by atoms with Crippen LogP contribution in [0.3, 0.4) is 0 Å². The van der Waals surface area contributed by atoms with Crippen LogP contribution < -0.4 is 4.90 Å². The van der Waals surface area contributed by atoms with Crippen LogP contribution in [-0.2, 0) is 12.8 Å². The second kappa shape index (κ2) is 6.37. The summed E-state index contributed by atoms with van der Waals surface area (Å²) in [6.07, 6.45) is 11.5. The summed E-state index contributed by atoms with van der Waals surface area (Å²) in [7, 11) is 0. The Morgan fingerprint density at radius 1 is 1.12 bits per heavy atom. The predicted molar refractivity (Wildman–Crippen MR) is 94.9 cm³/mol. The number of aromatic nitrogens is 3. The second-order valence-electron chi connectivity index (χ2n) is 7.67. The number of anilines is 1. The van der Waals surface area contributed by atoms with Gasteiger partial charge in [-0.1, -0.05) is 5.16 Å². The number of piperidine rings is 1. The fraction of sp³-hybridized carbons (Fsp3) is 0.579. The van der Waals surface area contributed by atoms with Gasteiger partial charge in [-0.15, -0.1) is 0 Å². The summed E-state index contributed by atoms with van der Waals surface area (Å²) in [4.78, 5) is 26.2. The maximum absolute atomic E-state index is 13.3. The van der Waals surface area contributed by atoms with Crippen molar-refractivity contribution in [1.29, 1.82) is 0 Å². The van der Waals surface area contributed by atoms with Gasteiger partial charge in [0, 0.05) is 43.6 Å². The molecular formula is C19H23N5O2. The first kappa shape index (κ1) is 15.8. The van der Waals surface area contributed by atoms with Crippen molar-refractivity contribution in [1.82, 2.24) is 20.0 Å². The lowest BCUT2D eigenvalue weighted by Crippen LogP contribution is -2.47. The van der Waals surface area contributed by atoms with Crippen LogP contribution in [0, 0.1) is 5.92 Å². The molecule has 0 saturated carbocycles. The Bertz CT molecular complexity index is 806. The fourth-order valence-electron chi connectivity index (χ4n) is 4.66. The number of hydrogen-bond donors (Lipinski definition) is 0. The average Bonchev–Trinajstić information content (AvgIpc) is 2.90. The molecule has 2 aromatic rings. The van der Waals surface area contributed by atoms with Gasteiger partial charge in [0.2, 0.25) is 5.76 Å². The molecule has 5 heterocycles. The van der Waals surface area contributed by atoms with E-state index in [4.69, 9.17) is 4.52 Å². The van der Waals surface area contributed by atoms with E-state index in [2.05, 4.69) is 20.0 Å². The van der Waals surface area contributed by atoms with Crippen LogP contribution in [-0.4, -0.2) is 51.6 Å². The Hall–Kier alpha value is -2.44. The molecule has 3 saturated heterocycles. The number of nitrogens with zero attached hydrogens (tertiary/aromatic N) is 5. The molecule has 4 aliphatic rings. The highest BCUT2D eigenvalue weighted by atomic mass is 16.5. The SMILES string of the molecule is O=C(c1onc2c1CCCC2)N1C[C@H]2CC[C@@H]1CN(c1cnccn1)C2. The zero-order valence-corrected chi connectivity index (χ0v) is 14.8. The lowest BCUT2D eigenvalue weighted by molar-refractivity contribution is 0.0549. The van der Waals surface area contributed by atoms with Crippen LogP contribution in [0.2, 0.25) is 0 Å². The van der Waals surface area contributed by atoms with Crippen molar-refractivity contribution in [2.75, 3.05) is 24.5 Å². The van der Waals surface area contributed by atoms with Gasteiger partial charge in [-0.05, 0) is 44.4 Å². The van der Waals surface area contributed by atoms with Crippen molar-refractivity contribution >= 4 is 11.7 Å². The maximum Gasteiger partial charge on any atom is 0.293 e. The van der Waals surface area contributed by atoms with E-state index < -0.39 is 0 Å². The molecule has 0 radical (unpaired) electrons. The molecule has 26 heavy (non-hydrogen) atoms. The fourth-order valence-corrected chi connectivity index (χ4v) is 4.66. The Kier molecular flexibility index (Phi) is 3.87. The zero-order chi connectivity index (χ0) is 17.5. The van der Waals surface area contributed by atoms with Gasteiger partial charge in [0.1, 0.15) is 5.82 Å². The van der Waals surface area contributed by atoms with E-state index in [1.54, 1.807) is 12.4 Å². The van der Waals surface area contributed by atoms with Crippen LogP contribution in [0.5, 0.6) is 0 Å². The third kappa shape index (κ3) is 2.66. The maximum atomic E-state index is 13.3. The van der Waals surface area contributed by atoms with Crippen molar-refractivity contribution in [2.24, 2.45) is 5.92 Å². The van der Waals surface area contributed by atoms with E-state index >= 15 is 0 Å². The summed E-state index contributed by atoms with van der Waals surface area (Å²) in [5, 5.41) is 4.17. The molecular weight excluding hydrogens is 330 g/mol. The topological polar surface area (TPSA) is 75.4 Å². The highest BCUT2D eigenvalue weighted by Gasteiger charge is 2.40. The highest BCUT2D eigenvalue weighted by molar-refractivity contribution is 5.93. The van der Waals surface area contributed by atoms with Gasteiger partial charge in [0.15, 0.2) is 0 Å². The van der Waals surface area contributed by atoms with Crippen molar-refractivity contribution < 1.29 is 9.32 Å². The van der Waals surface area contributed by atoms with Crippen molar-refractivity contribution in [3.63, 3.8) is 0 Å². The largest absolute Gasteiger partial charge is 0.353 e. The van der Waals surface area contributed by atoms with Crippen LogP contribution >= 0.6 is 0 Å². The summed E-state index contributed by atoms with van der Waals surface area (Å²) >= 11 is 0. The third-order valence-electron chi connectivity index (χ3n) is 6.00. The predicted octanol–water partition coefficient (Wildman–Crippen LogP) is 2.08. The average molecular weight is 353 g/mol. The quantitative estimate of drug-likeness (QED) is 0.823. The summed E-state index contributed by atoms with van der Waals surface area (Å²) in [5.41, 5.74) is 2.04. The van der Waals surface area contributed by atoms with Crippen LogP contribution in [0.25, 0.3) is 0 Å². The minimum absolute atomic E-state index is 0.0244. The van der Waals surface area contributed by atoms with E-state index in [0.717, 1.165) is 75.2 Å². The van der Waals surface area contributed by atoms with Gasteiger partial charge in [0.05, 0.1) is 11.9 Å². The van der Waals surface area contributed by atoms with E-state index in [9.17, 15) is 4.79 Å². The minimum Gasteiger partial charge on any atom is -0.353 e. The molecule has 0 unspecified atom stereocenters. The van der Waals surface area contributed by atoms with Crippen molar-refractivity contribution in [2.45, 2.75) is 44.6 Å². The van der Waals surface area contributed by atoms with Crippen molar-refractivity contribution in [3.8, 4) is 0 Å². The normalized spacial score (nSPS) is 25.1. The molecule has 2 bridgehead atoms. The molecule has 1 amide bonds.